The second-order valence-electron chi connectivity index (χ2n) is 3.80. The molecule has 0 aliphatic carbocycles. The lowest BCUT2D eigenvalue weighted by Gasteiger charge is -2.41. The zero-order valence-electron chi connectivity index (χ0n) is 8.40. The van der Waals surface area contributed by atoms with Gasteiger partial charge in [0.2, 0.25) is 0 Å². The number of benzene rings is 1. The third-order valence-electron chi connectivity index (χ3n) is 2.82. The number of carboxylic acid groups (broad SMARTS) is 1. The Bertz CT molecular complexity index is 406. The van der Waals surface area contributed by atoms with Crippen LogP contribution in [0.25, 0.3) is 0 Å². The van der Waals surface area contributed by atoms with Gasteiger partial charge in [0, 0.05) is 16.2 Å². The highest BCUT2D eigenvalue weighted by Gasteiger charge is 2.27. The van der Waals surface area contributed by atoms with Crippen LogP contribution in [0.2, 0.25) is 0 Å². The van der Waals surface area contributed by atoms with E-state index in [1.807, 2.05) is 12.1 Å². The van der Waals surface area contributed by atoms with Gasteiger partial charge in [-0.05, 0) is 54.1 Å². The molecule has 0 saturated carbocycles. The molecule has 0 aromatic heterocycles. The van der Waals surface area contributed by atoms with E-state index >= 15 is 0 Å². The Morgan fingerprint density at radius 3 is 2.80 bits per heavy atom. The first-order valence-electron chi connectivity index (χ1n) is 4.89. The highest BCUT2D eigenvalue weighted by atomic mass is 127. The van der Waals surface area contributed by atoms with Crippen molar-refractivity contribution in [3.05, 3.63) is 27.3 Å². The number of aromatic carboxylic acids is 1. The Morgan fingerprint density at radius 2 is 2.33 bits per heavy atom. The van der Waals surface area contributed by atoms with Gasteiger partial charge in [0.15, 0.2) is 0 Å². The highest BCUT2D eigenvalue weighted by molar-refractivity contribution is 14.1. The molecule has 1 heterocycles. The summed E-state index contributed by atoms with van der Waals surface area (Å²) in [7, 11) is 0. The largest absolute Gasteiger partial charge is 0.478 e. The van der Waals surface area contributed by atoms with Crippen LogP contribution < -0.4 is 4.90 Å². The number of carboxylic acids is 1. The van der Waals surface area contributed by atoms with E-state index in [2.05, 4.69) is 34.4 Å². The lowest BCUT2D eigenvalue weighted by Crippen LogP contribution is -2.46. The van der Waals surface area contributed by atoms with Crippen LogP contribution >= 0.6 is 22.6 Å². The average molecular weight is 317 g/mol. The van der Waals surface area contributed by atoms with E-state index in [1.165, 1.54) is 0 Å². The number of anilines is 1. The fraction of sp³-hybridized carbons (Fsp3) is 0.364. The van der Waals surface area contributed by atoms with Crippen molar-refractivity contribution >= 4 is 34.2 Å². The summed E-state index contributed by atoms with van der Waals surface area (Å²) in [5.74, 6) is -0.845. The van der Waals surface area contributed by atoms with Crippen molar-refractivity contribution in [1.82, 2.24) is 0 Å². The molecule has 1 aliphatic rings. The zero-order chi connectivity index (χ0) is 11.0. The quantitative estimate of drug-likeness (QED) is 0.853. The second-order valence-corrected chi connectivity index (χ2v) is 5.04. The van der Waals surface area contributed by atoms with E-state index in [9.17, 15) is 4.79 Å². The molecule has 4 heteroatoms. The van der Waals surface area contributed by atoms with Crippen LogP contribution in [-0.2, 0) is 0 Å². The van der Waals surface area contributed by atoms with E-state index in [1.54, 1.807) is 6.07 Å². The summed E-state index contributed by atoms with van der Waals surface area (Å²) in [5.41, 5.74) is 1.26. The number of rotatable bonds is 2. The van der Waals surface area contributed by atoms with Gasteiger partial charge in [-0.2, -0.15) is 0 Å². The van der Waals surface area contributed by atoms with Crippen molar-refractivity contribution < 1.29 is 9.90 Å². The monoisotopic (exact) mass is 317 g/mol. The number of halogens is 1. The first kappa shape index (κ1) is 10.7. The molecule has 1 saturated heterocycles. The Labute approximate surface area is 102 Å². The molecule has 3 nitrogen and oxygen atoms in total. The fourth-order valence-corrected chi connectivity index (χ4v) is 2.30. The highest BCUT2D eigenvalue weighted by Crippen LogP contribution is 2.30. The van der Waals surface area contributed by atoms with Gasteiger partial charge in [-0.15, -0.1) is 0 Å². The lowest BCUT2D eigenvalue weighted by atomic mass is 10.0. The van der Waals surface area contributed by atoms with E-state index in [-0.39, 0.29) is 0 Å². The van der Waals surface area contributed by atoms with Crippen molar-refractivity contribution in [3.8, 4) is 0 Å². The molecule has 1 N–H and O–H groups in total. The molecule has 1 atom stereocenters. The number of hydrogen-bond donors (Lipinski definition) is 1. The van der Waals surface area contributed by atoms with E-state index in [0.717, 1.165) is 22.2 Å². The zero-order valence-corrected chi connectivity index (χ0v) is 10.6. The van der Waals surface area contributed by atoms with Gasteiger partial charge in [-0.1, -0.05) is 0 Å². The molecule has 2 rings (SSSR count). The second kappa shape index (κ2) is 4.00. The standard InChI is InChI=1S/C11H12INO2/c1-7-4-5-13(7)10-3-2-8(12)6-9(10)11(14)15/h2-3,6-7H,4-5H2,1H3,(H,14,15). The van der Waals surface area contributed by atoms with Crippen LogP contribution in [-0.4, -0.2) is 23.7 Å². The van der Waals surface area contributed by atoms with Crippen LogP contribution in [0.1, 0.15) is 23.7 Å². The predicted molar refractivity (Wildman–Crippen MR) is 67.5 cm³/mol. The maximum absolute atomic E-state index is 11.1. The summed E-state index contributed by atoms with van der Waals surface area (Å²) in [6, 6.07) is 6.04. The number of hydrogen-bond acceptors (Lipinski definition) is 2. The van der Waals surface area contributed by atoms with Gasteiger partial charge < -0.3 is 10.0 Å². The van der Waals surface area contributed by atoms with Crippen LogP contribution in [0.3, 0.4) is 0 Å². The van der Waals surface area contributed by atoms with Crippen molar-refractivity contribution in [2.45, 2.75) is 19.4 Å². The minimum Gasteiger partial charge on any atom is -0.478 e. The normalized spacial score (nSPS) is 19.9. The van der Waals surface area contributed by atoms with Gasteiger partial charge >= 0.3 is 5.97 Å². The molecule has 0 spiro atoms. The molecule has 1 aromatic carbocycles. The Balaban J connectivity index is 2.41. The van der Waals surface area contributed by atoms with Gasteiger partial charge in [-0.25, -0.2) is 4.79 Å². The summed E-state index contributed by atoms with van der Waals surface area (Å²) in [4.78, 5) is 13.2. The van der Waals surface area contributed by atoms with E-state index in [4.69, 9.17) is 5.11 Å². The van der Waals surface area contributed by atoms with Gasteiger partial charge in [0.1, 0.15) is 0 Å². The van der Waals surface area contributed by atoms with Crippen LogP contribution in [0.4, 0.5) is 5.69 Å². The third-order valence-corrected chi connectivity index (χ3v) is 3.49. The van der Waals surface area contributed by atoms with E-state index in [0.29, 0.717) is 11.6 Å². The Morgan fingerprint density at radius 1 is 1.60 bits per heavy atom. The fourth-order valence-electron chi connectivity index (χ4n) is 1.80. The molecule has 0 radical (unpaired) electrons. The van der Waals surface area contributed by atoms with Crippen LogP contribution in [0, 0.1) is 3.57 Å². The van der Waals surface area contributed by atoms with Crippen molar-refractivity contribution in [2.75, 3.05) is 11.4 Å². The first-order valence-corrected chi connectivity index (χ1v) is 5.97. The maximum atomic E-state index is 11.1. The molecular weight excluding hydrogens is 305 g/mol. The average Bonchev–Trinajstić information content (AvgIpc) is 2.18. The molecule has 1 fully saturated rings. The molecule has 0 bridgehead atoms. The maximum Gasteiger partial charge on any atom is 0.337 e. The SMILES string of the molecule is CC1CCN1c1ccc(I)cc1C(=O)O. The first-order chi connectivity index (χ1) is 7.09. The van der Waals surface area contributed by atoms with Gasteiger partial charge in [0.25, 0.3) is 0 Å². The van der Waals surface area contributed by atoms with Crippen molar-refractivity contribution in [2.24, 2.45) is 0 Å². The molecule has 15 heavy (non-hydrogen) atoms. The van der Waals surface area contributed by atoms with Crippen LogP contribution in [0.15, 0.2) is 18.2 Å². The van der Waals surface area contributed by atoms with Gasteiger partial charge in [0.05, 0.1) is 11.3 Å². The minimum absolute atomic E-state index is 0.411. The summed E-state index contributed by atoms with van der Waals surface area (Å²) >= 11 is 2.13. The molecule has 1 aromatic rings. The summed E-state index contributed by atoms with van der Waals surface area (Å²) in [6.45, 7) is 3.08. The Kier molecular flexibility index (Phi) is 2.86. The summed E-state index contributed by atoms with van der Waals surface area (Å²) in [6.07, 6.45) is 1.14. The van der Waals surface area contributed by atoms with E-state index < -0.39 is 5.97 Å². The molecule has 0 amide bonds. The topological polar surface area (TPSA) is 40.5 Å². The number of carbonyl (C=O) groups is 1. The number of nitrogens with zero attached hydrogens (tertiary/aromatic N) is 1. The molecule has 80 valence electrons. The molecule has 1 aliphatic heterocycles. The predicted octanol–water partition coefficient (Wildman–Crippen LogP) is 2.59. The molecule has 1 unspecified atom stereocenters. The third kappa shape index (κ3) is 1.95. The van der Waals surface area contributed by atoms with Gasteiger partial charge in [-0.3, -0.25) is 0 Å². The Hall–Kier alpha value is -0.780. The van der Waals surface area contributed by atoms with Crippen molar-refractivity contribution in [1.29, 1.82) is 0 Å². The summed E-state index contributed by atoms with van der Waals surface area (Å²) < 4.78 is 0.960. The van der Waals surface area contributed by atoms with Crippen LogP contribution in [0.5, 0.6) is 0 Å². The summed E-state index contributed by atoms with van der Waals surface area (Å²) in [5, 5.41) is 9.11. The molecular formula is C11H12INO2. The smallest absolute Gasteiger partial charge is 0.337 e. The van der Waals surface area contributed by atoms with Crippen molar-refractivity contribution in [3.63, 3.8) is 0 Å². The minimum atomic E-state index is -0.845. The lowest BCUT2D eigenvalue weighted by molar-refractivity contribution is 0.0697.